The molecule has 1 fully saturated rings. The van der Waals surface area contributed by atoms with Crippen LogP contribution >= 0.6 is 0 Å². The maximum atomic E-state index is 5.88. The normalized spacial score (nSPS) is 21.7. The predicted molar refractivity (Wildman–Crippen MR) is 73.1 cm³/mol. The first-order valence-electron chi connectivity index (χ1n) is 7.10. The van der Waals surface area contributed by atoms with Gasteiger partial charge in [0, 0.05) is 19.0 Å². The molecule has 3 rings (SSSR count). The van der Waals surface area contributed by atoms with Gasteiger partial charge in [-0.15, -0.1) is 0 Å². The third-order valence-electron chi connectivity index (χ3n) is 3.63. The van der Waals surface area contributed by atoms with Crippen molar-refractivity contribution in [3.8, 4) is 5.75 Å². The number of hydrogen-bond acceptors (Lipinski definition) is 3. The second-order valence-corrected chi connectivity index (χ2v) is 5.34. The van der Waals surface area contributed by atoms with E-state index in [9.17, 15) is 0 Å². The van der Waals surface area contributed by atoms with E-state index in [1.54, 1.807) is 0 Å². The van der Waals surface area contributed by atoms with Gasteiger partial charge in [-0.05, 0) is 44.0 Å². The Morgan fingerprint density at radius 3 is 2.89 bits per heavy atom. The molecule has 0 saturated heterocycles. The quantitative estimate of drug-likeness (QED) is 0.719. The summed E-state index contributed by atoms with van der Waals surface area (Å²) in [5.41, 5.74) is 1.35. The SMILES string of the molecule is c1ccc2c(c1)CC(CNCCCNC1CC1)O2. The summed E-state index contributed by atoms with van der Waals surface area (Å²) in [6, 6.07) is 9.18. The van der Waals surface area contributed by atoms with Crippen molar-refractivity contribution in [2.24, 2.45) is 0 Å². The molecular weight excluding hydrogens is 224 g/mol. The lowest BCUT2D eigenvalue weighted by molar-refractivity contribution is 0.227. The van der Waals surface area contributed by atoms with Crippen molar-refractivity contribution < 1.29 is 4.74 Å². The van der Waals surface area contributed by atoms with Crippen LogP contribution in [0.2, 0.25) is 0 Å². The van der Waals surface area contributed by atoms with Crippen LogP contribution in [-0.4, -0.2) is 31.8 Å². The minimum absolute atomic E-state index is 0.318. The average Bonchev–Trinajstić information content (AvgIpc) is 3.11. The fraction of sp³-hybridized carbons (Fsp3) is 0.600. The Balaban J connectivity index is 1.28. The number of benzene rings is 1. The Morgan fingerprint density at radius 2 is 2.06 bits per heavy atom. The third kappa shape index (κ3) is 3.24. The Kier molecular flexibility index (Phi) is 3.81. The molecule has 0 bridgehead atoms. The maximum absolute atomic E-state index is 5.88. The number of hydrogen-bond donors (Lipinski definition) is 2. The predicted octanol–water partition coefficient (Wildman–Crippen LogP) is 1.72. The molecule has 0 radical (unpaired) electrons. The molecule has 98 valence electrons. The molecule has 0 spiro atoms. The molecule has 1 heterocycles. The van der Waals surface area contributed by atoms with Crippen molar-refractivity contribution in [2.45, 2.75) is 37.8 Å². The average molecular weight is 246 g/mol. The molecule has 3 nitrogen and oxygen atoms in total. The first kappa shape index (κ1) is 12.0. The summed E-state index contributed by atoms with van der Waals surface area (Å²) in [6.45, 7) is 3.18. The van der Waals surface area contributed by atoms with Gasteiger partial charge in [0.05, 0.1) is 0 Å². The molecular formula is C15H22N2O. The van der Waals surface area contributed by atoms with E-state index in [4.69, 9.17) is 4.74 Å². The van der Waals surface area contributed by atoms with E-state index in [2.05, 4.69) is 28.8 Å². The van der Waals surface area contributed by atoms with E-state index in [1.807, 2.05) is 6.07 Å². The lowest BCUT2D eigenvalue weighted by atomic mass is 10.1. The first-order chi connectivity index (χ1) is 8.92. The van der Waals surface area contributed by atoms with Gasteiger partial charge in [-0.25, -0.2) is 0 Å². The van der Waals surface area contributed by atoms with E-state index in [1.165, 1.54) is 24.8 Å². The van der Waals surface area contributed by atoms with Gasteiger partial charge in [0.1, 0.15) is 11.9 Å². The van der Waals surface area contributed by atoms with Gasteiger partial charge in [-0.2, -0.15) is 0 Å². The zero-order valence-electron chi connectivity index (χ0n) is 10.8. The van der Waals surface area contributed by atoms with Gasteiger partial charge in [-0.1, -0.05) is 18.2 Å². The summed E-state index contributed by atoms with van der Waals surface area (Å²) in [7, 11) is 0. The largest absolute Gasteiger partial charge is 0.488 e. The lowest BCUT2D eigenvalue weighted by Crippen LogP contribution is -2.32. The van der Waals surface area contributed by atoms with Gasteiger partial charge < -0.3 is 15.4 Å². The van der Waals surface area contributed by atoms with Gasteiger partial charge in [-0.3, -0.25) is 0 Å². The molecule has 1 atom stereocenters. The topological polar surface area (TPSA) is 33.3 Å². The molecule has 0 amide bonds. The highest BCUT2D eigenvalue weighted by Crippen LogP contribution is 2.27. The monoisotopic (exact) mass is 246 g/mol. The minimum Gasteiger partial charge on any atom is -0.488 e. The van der Waals surface area contributed by atoms with Crippen molar-refractivity contribution in [1.82, 2.24) is 10.6 Å². The highest BCUT2D eigenvalue weighted by atomic mass is 16.5. The van der Waals surface area contributed by atoms with E-state index in [0.717, 1.165) is 37.8 Å². The molecule has 2 aliphatic rings. The summed E-state index contributed by atoms with van der Waals surface area (Å²) in [5, 5.41) is 7.02. The molecule has 18 heavy (non-hydrogen) atoms. The van der Waals surface area contributed by atoms with Gasteiger partial charge in [0.25, 0.3) is 0 Å². The highest BCUT2D eigenvalue weighted by Gasteiger charge is 2.21. The van der Waals surface area contributed by atoms with E-state index >= 15 is 0 Å². The van der Waals surface area contributed by atoms with E-state index in [-0.39, 0.29) is 0 Å². The van der Waals surface area contributed by atoms with Crippen LogP contribution < -0.4 is 15.4 Å². The molecule has 1 aliphatic heterocycles. The summed E-state index contributed by atoms with van der Waals surface area (Å²) >= 11 is 0. The summed E-state index contributed by atoms with van der Waals surface area (Å²) in [4.78, 5) is 0. The Bertz CT molecular complexity index is 365. The molecule has 2 N–H and O–H groups in total. The number of fused-ring (bicyclic) bond motifs is 1. The van der Waals surface area contributed by atoms with Gasteiger partial charge in [0.2, 0.25) is 0 Å². The minimum atomic E-state index is 0.318. The molecule has 1 aliphatic carbocycles. The molecule has 1 unspecified atom stereocenters. The van der Waals surface area contributed by atoms with Crippen LogP contribution in [0.4, 0.5) is 0 Å². The summed E-state index contributed by atoms with van der Waals surface area (Å²) in [5.74, 6) is 1.07. The van der Waals surface area contributed by atoms with Crippen molar-refractivity contribution in [2.75, 3.05) is 19.6 Å². The third-order valence-corrected chi connectivity index (χ3v) is 3.63. The van der Waals surface area contributed by atoms with Crippen LogP contribution in [0.15, 0.2) is 24.3 Å². The van der Waals surface area contributed by atoms with Crippen molar-refractivity contribution >= 4 is 0 Å². The Labute approximate surface area is 109 Å². The maximum Gasteiger partial charge on any atom is 0.123 e. The number of rotatable bonds is 7. The molecule has 3 heteroatoms. The van der Waals surface area contributed by atoms with Crippen molar-refractivity contribution in [1.29, 1.82) is 0 Å². The molecule has 0 aromatic heterocycles. The molecule has 1 aromatic carbocycles. The summed E-state index contributed by atoms with van der Waals surface area (Å²) < 4.78 is 5.88. The van der Waals surface area contributed by atoms with Crippen LogP contribution in [0.25, 0.3) is 0 Å². The molecule has 1 saturated carbocycles. The highest BCUT2D eigenvalue weighted by molar-refractivity contribution is 5.37. The standard InChI is InChI=1S/C15H22N2O/c1-2-5-15-12(4-1)10-14(18-15)11-16-8-3-9-17-13-6-7-13/h1-2,4-5,13-14,16-17H,3,6-11H2. The molecule has 1 aromatic rings. The van der Waals surface area contributed by atoms with Crippen LogP contribution in [0.3, 0.4) is 0 Å². The van der Waals surface area contributed by atoms with Crippen LogP contribution in [0.1, 0.15) is 24.8 Å². The Hall–Kier alpha value is -1.06. The summed E-state index contributed by atoms with van der Waals surface area (Å²) in [6.07, 6.45) is 5.32. The first-order valence-corrected chi connectivity index (χ1v) is 7.10. The van der Waals surface area contributed by atoms with E-state index < -0.39 is 0 Å². The zero-order chi connectivity index (χ0) is 12.2. The van der Waals surface area contributed by atoms with Crippen LogP contribution in [0.5, 0.6) is 5.75 Å². The van der Waals surface area contributed by atoms with Crippen LogP contribution in [-0.2, 0) is 6.42 Å². The lowest BCUT2D eigenvalue weighted by Gasteiger charge is -2.11. The second kappa shape index (κ2) is 5.72. The second-order valence-electron chi connectivity index (χ2n) is 5.34. The fourth-order valence-electron chi connectivity index (χ4n) is 2.44. The van der Waals surface area contributed by atoms with E-state index in [0.29, 0.717) is 6.10 Å². The van der Waals surface area contributed by atoms with Crippen LogP contribution in [0, 0.1) is 0 Å². The van der Waals surface area contributed by atoms with Gasteiger partial charge >= 0.3 is 0 Å². The number of ether oxygens (including phenoxy) is 1. The number of nitrogens with one attached hydrogen (secondary N) is 2. The number of para-hydroxylation sites is 1. The zero-order valence-corrected chi connectivity index (χ0v) is 10.8. The fourth-order valence-corrected chi connectivity index (χ4v) is 2.44. The smallest absolute Gasteiger partial charge is 0.123 e. The Morgan fingerprint density at radius 1 is 1.17 bits per heavy atom. The van der Waals surface area contributed by atoms with Gasteiger partial charge in [0.15, 0.2) is 0 Å². The van der Waals surface area contributed by atoms with Crippen molar-refractivity contribution in [3.63, 3.8) is 0 Å². The van der Waals surface area contributed by atoms with Crippen molar-refractivity contribution in [3.05, 3.63) is 29.8 Å².